The summed E-state index contributed by atoms with van der Waals surface area (Å²) in [5, 5.41) is 0.823. The molecule has 0 atom stereocenters. The van der Waals surface area contributed by atoms with Crippen molar-refractivity contribution in [1.82, 2.24) is 0 Å². The van der Waals surface area contributed by atoms with Gasteiger partial charge in [0.25, 0.3) is 0 Å². The Morgan fingerprint density at radius 1 is 1.36 bits per heavy atom. The molecule has 2 N–H and O–H groups in total. The van der Waals surface area contributed by atoms with Crippen molar-refractivity contribution in [2.75, 3.05) is 5.73 Å². The molecule has 2 rings (SSSR count). The molecule has 0 bridgehead atoms. The summed E-state index contributed by atoms with van der Waals surface area (Å²) in [6.07, 6.45) is 1.50. The second kappa shape index (κ2) is 1.99. The number of fused-ring (bicyclic) bond motifs is 1. The predicted octanol–water partition coefficient (Wildman–Crippen LogP) is 2.15. The van der Waals surface area contributed by atoms with Gasteiger partial charge in [-0.25, -0.2) is 4.39 Å². The van der Waals surface area contributed by atoms with Crippen LogP contribution in [-0.4, -0.2) is 0 Å². The van der Waals surface area contributed by atoms with Gasteiger partial charge in [-0.2, -0.15) is 0 Å². The summed E-state index contributed by atoms with van der Waals surface area (Å²) in [5.41, 5.74) is 6.00. The van der Waals surface area contributed by atoms with Gasteiger partial charge < -0.3 is 10.2 Å². The first kappa shape index (κ1) is 6.22. The summed E-state index contributed by atoms with van der Waals surface area (Å²) < 4.78 is 17.7. The largest absolute Gasteiger partial charge is 0.464 e. The van der Waals surface area contributed by atoms with Crippen LogP contribution in [0.5, 0.6) is 0 Å². The van der Waals surface area contributed by atoms with Gasteiger partial charge in [-0.15, -0.1) is 0 Å². The number of nitrogens with two attached hydrogens (primary N) is 1. The summed E-state index contributed by atoms with van der Waals surface area (Å²) in [5.74, 6) is -0.438. The number of rotatable bonds is 0. The van der Waals surface area contributed by atoms with Gasteiger partial charge in [0.15, 0.2) is 0 Å². The third kappa shape index (κ3) is 0.852. The van der Waals surface area contributed by atoms with Crippen LogP contribution in [0.2, 0.25) is 0 Å². The minimum absolute atomic E-state index is 0.152. The quantitative estimate of drug-likeness (QED) is 0.586. The molecule has 0 saturated heterocycles. The van der Waals surface area contributed by atoms with E-state index in [-0.39, 0.29) is 5.69 Å². The van der Waals surface area contributed by atoms with Gasteiger partial charge >= 0.3 is 0 Å². The molecule has 0 fully saturated rings. The van der Waals surface area contributed by atoms with Crippen LogP contribution < -0.4 is 5.73 Å². The molecule has 0 unspecified atom stereocenters. The van der Waals surface area contributed by atoms with Crippen molar-refractivity contribution in [3.05, 3.63) is 30.3 Å². The topological polar surface area (TPSA) is 39.2 Å². The van der Waals surface area contributed by atoms with E-state index in [2.05, 4.69) is 0 Å². The van der Waals surface area contributed by atoms with E-state index in [4.69, 9.17) is 10.2 Å². The fourth-order valence-electron chi connectivity index (χ4n) is 1.00. The third-order valence-electron chi connectivity index (χ3n) is 1.57. The highest BCUT2D eigenvalue weighted by atomic mass is 19.1. The lowest BCUT2D eigenvalue weighted by Gasteiger charge is -1.93. The van der Waals surface area contributed by atoms with E-state index in [1.165, 1.54) is 12.3 Å². The van der Waals surface area contributed by atoms with Gasteiger partial charge in [0.05, 0.1) is 12.0 Å². The molecule has 0 spiro atoms. The number of anilines is 1. The SMILES string of the molecule is Nc1cc2ccoc2cc1F. The van der Waals surface area contributed by atoms with Gasteiger partial charge in [0.1, 0.15) is 11.4 Å². The van der Waals surface area contributed by atoms with Crippen LogP contribution in [0.25, 0.3) is 11.0 Å². The second-order valence-electron chi connectivity index (χ2n) is 2.33. The summed E-state index contributed by atoms with van der Waals surface area (Å²) in [6.45, 7) is 0. The van der Waals surface area contributed by atoms with E-state index in [1.807, 2.05) is 0 Å². The molecule has 1 heterocycles. The monoisotopic (exact) mass is 151 g/mol. The van der Waals surface area contributed by atoms with Gasteiger partial charge in [-0.3, -0.25) is 0 Å². The van der Waals surface area contributed by atoms with E-state index in [9.17, 15) is 4.39 Å². The molecule has 56 valence electrons. The van der Waals surface area contributed by atoms with E-state index >= 15 is 0 Å². The fraction of sp³-hybridized carbons (Fsp3) is 0. The Labute approximate surface area is 62.4 Å². The first-order chi connectivity index (χ1) is 5.27. The lowest BCUT2D eigenvalue weighted by atomic mass is 10.2. The molecular weight excluding hydrogens is 145 g/mol. The van der Waals surface area contributed by atoms with Crippen molar-refractivity contribution < 1.29 is 8.81 Å². The molecule has 1 aromatic carbocycles. The molecule has 2 nitrogen and oxygen atoms in total. The zero-order valence-electron chi connectivity index (χ0n) is 5.67. The molecular formula is C8H6FNO. The van der Waals surface area contributed by atoms with Crippen molar-refractivity contribution in [3.63, 3.8) is 0 Å². The smallest absolute Gasteiger partial charge is 0.149 e. The minimum Gasteiger partial charge on any atom is -0.464 e. The highest BCUT2D eigenvalue weighted by Crippen LogP contribution is 2.20. The predicted molar refractivity (Wildman–Crippen MR) is 40.6 cm³/mol. The average Bonchev–Trinajstić information content (AvgIpc) is 2.36. The minimum atomic E-state index is -0.438. The molecule has 1 aromatic heterocycles. The molecule has 0 radical (unpaired) electrons. The maximum Gasteiger partial charge on any atom is 0.149 e. The van der Waals surface area contributed by atoms with Crippen LogP contribution in [0.1, 0.15) is 0 Å². The standard InChI is InChI=1S/C8H6FNO/c9-6-4-8-5(1-2-11-8)3-7(6)10/h1-4H,10H2. The third-order valence-corrected chi connectivity index (χ3v) is 1.57. The van der Waals surface area contributed by atoms with E-state index < -0.39 is 5.82 Å². The zero-order chi connectivity index (χ0) is 7.84. The molecule has 0 aliphatic rings. The lowest BCUT2D eigenvalue weighted by molar-refractivity contribution is 0.600. The maximum absolute atomic E-state index is 12.7. The molecule has 0 aliphatic heterocycles. The molecule has 0 aliphatic carbocycles. The summed E-state index contributed by atoms with van der Waals surface area (Å²) in [4.78, 5) is 0. The maximum atomic E-state index is 12.7. The zero-order valence-corrected chi connectivity index (χ0v) is 5.67. The average molecular weight is 151 g/mol. The first-order valence-corrected chi connectivity index (χ1v) is 3.19. The summed E-state index contributed by atoms with van der Waals surface area (Å²) >= 11 is 0. The highest BCUT2D eigenvalue weighted by Gasteiger charge is 2.02. The second-order valence-corrected chi connectivity index (χ2v) is 2.33. The molecule has 3 heteroatoms. The Hall–Kier alpha value is -1.51. The number of furan rings is 1. The number of benzene rings is 1. The molecule has 11 heavy (non-hydrogen) atoms. The van der Waals surface area contributed by atoms with Crippen LogP contribution in [-0.2, 0) is 0 Å². The Balaban J connectivity index is 2.86. The van der Waals surface area contributed by atoms with Crippen molar-refractivity contribution >= 4 is 16.7 Å². The van der Waals surface area contributed by atoms with Crippen LogP contribution in [0, 0.1) is 5.82 Å². The Kier molecular flexibility index (Phi) is 1.12. The van der Waals surface area contributed by atoms with Crippen molar-refractivity contribution in [1.29, 1.82) is 0 Å². The van der Waals surface area contributed by atoms with Gasteiger partial charge in [-0.05, 0) is 12.1 Å². The summed E-state index contributed by atoms with van der Waals surface area (Å²) in [6, 6.07) is 4.57. The molecule has 0 amide bonds. The summed E-state index contributed by atoms with van der Waals surface area (Å²) in [7, 11) is 0. The fourth-order valence-corrected chi connectivity index (χ4v) is 1.00. The molecule has 2 aromatic rings. The number of hydrogen-bond acceptors (Lipinski definition) is 2. The normalized spacial score (nSPS) is 10.6. The van der Waals surface area contributed by atoms with Crippen molar-refractivity contribution in [2.45, 2.75) is 0 Å². The van der Waals surface area contributed by atoms with E-state index in [1.54, 1.807) is 12.1 Å². The van der Waals surface area contributed by atoms with Gasteiger partial charge in [-0.1, -0.05) is 0 Å². The Morgan fingerprint density at radius 3 is 3.00 bits per heavy atom. The van der Waals surface area contributed by atoms with Crippen LogP contribution in [0.4, 0.5) is 10.1 Å². The van der Waals surface area contributed by atoms with Gasteiger partial charge in [0.2, 0.25) is 0 Å². The van der Waals surface area contributed by atoms with Crippen molar-refractivity contribution in [2.24, 2.45) is 0 Å². The number of hydrogen-bond donors (Lipinski definition) is 1. The lowest BCUT2D eigenvalue weighted by Crippen LogP contribution is -1.88. The Bertz CT molecular complexity index is 358. The molecule has 0 saturated carbocycles. The van der Waals surface area contributed by atoms with Crippen molar-refractivity contribution in [3.8, 4) is 0 Å². The van der Waals surface area contributed by atoms with Gasteiger partial charge in [0, 0.05) is 11.5 Å². The first-order valence-electron chi connectivity index (χ1n) is 3.19. The van der Waals surface area contributed by atoms with Crippen LogP contribution in [0.3, 0.4) is 0 Å². The Morgan fingerprint density at radius 2 is 2.18 bits per heavy atom. The van der Waals surface area contributed by atoms with Crippen LogP contribution >= 0.6 is 0 Å². The number of halogens is 1. The van der Waals surface area contributed by atoms with E-state index in [0.717, 1.165) is 5.39 Å². The van der Waals surface area contributed by atoms with Crippen LogP contribution in [0.15, 0.2) is 28.9 Å². The highest BCUT2D eigenvalue weighted by molar-refractivity contribution is 5.80. The van der Waals surface area contributed by atoms with E-state index in [0.29, 0.717) is 5.58 Å². The number of nitrogen functional groups attached to an aromatic ring is 1.